The van der Waals surface area contributed by atoms with Crippen molar-refractivity contribution in [2.45, 2.75) is 40.2 Å². The van der Waals surface area contributed by atoms with E-state index >= 15 is 0 Å². The highest BCUT2D eigenvalue weighted by atomic mass is 16.2. The molecule has 2 N–H and O–H groups in total. The number of rotatable bonds is 3. The molecule has 7 nitrogen and oxygen atoms in total. The lowest BCUT2D eigenvalue weighted by atomic mass is 10.1. The second kappa shape index (κ2) is 7.58. The van der Waals surface area contributed by atoms with E-state index in [1.807, 2.05) is 44.4 Å². The van der Waals surface area contributed by atoms with Crippen LogP contribution in [0.3, 0.4) is 0 Å². The molecule has 0 radical (unpaired) electrons. The molecule has 0 aliphatic carbocycles. The third-order valence-electron chi connectivity index (χ3n) is 3.29. The van der Waals surface area contributed by atoms with Gasteiger partial charge >= 0.3 is 6.03 Å². The quantitative estimate of drug-likeness (QED) is 0.791. The molecule has 0 unspecified atom stereocenters. The fourth-order valence-electron chi connectivity index (χ4n) is 2.23. The molecule has 1 saturated heterocycles. The van der Waals surface area contributed by atoms with Gasteiger partial charge in [0, 0.05) is 37.6 Å². The van der Waals surface area contributed by atoms with Crippen LogP contribution in [0.25, 0.3) is 0 Å². The van der Waals surface area contributed by atoms with Crippen LogP contribution in [0.4, 0.5) is 4.79 Å². The molecule has 4 amide bonds. The maximum atomic E-state index is 11.9. The number of urea groups is 1. The van der Waals surface area contributed by atoms with Crippen LogP contribution in [-0.2, 0) is 9.59 Å². The summed E-state index contributed by atoms with van der Waals surface area (Å²) in [6.45, 7) is 12.0. The van der Waals surface area contributed by atoms with Crippen molar-refractivity contribution >= 4 is 17.8 Å². The van der Waals surface area contributed by atoms with Crippen molar-refractivity contribution in [2.75, 3.05) is 32.7 Å². The Labute approximate surface area is 132 Å². The molecule has 126 valence electrons. The second-order valence-electron chi connectivity index (χ2n) is 7.01. The lowest BCUT2D eigenvalue weighted by molar-refractivity contribution is -0.136. The number of hydrogen-bond donors (Lipinski definition) is 2. The molecule has 0 spiro atoms. The van der Waals surface area contributed by atoms with Gasteiger partial charge in [0.15, 0.2) is 0 Å². The van der Waals surface area contributed by atoms with Crippen molar-refractivity contribution in [3.63, 3.8) is 0 Å². The largest absolute Gasteiger partial charge is 0.340 e. The summed E-state index contributed by atoms with van der Waals surface area (Å²) in [5.41, 5.74) is -0.382. The molecule has 1 aliphatic rings. The average Bonchev–Trinajstić information content (AvgIpc) is 2.35. The number of hydrogen-bond acceptors (Lipinski definition) is 4. The van der Waals surface area contributed by atoms with E-state index in [1.54, 1.807) is 0 Å². The molecule has 7 heteroatoms. The number of imide groups is 1. The zero-order valence-electron chi connectivity index (χ0n) is 14.2. The Kier molecular flexibility index (Phi) is 6.34. The first kappa shape index (κ1) is 18.4. The van der Waals surface area contributed by atoms with E-state index in [0.717, 1.165) is 0 Å². The van der Waals surface area contributed by atoms with Gasteiger partial charge in [0.1, 0.15) is 0 Å². The fraction of sp³-hybridized carbons (Fsp3) is 0.800. The molecule has 1 fully saturated rings. The van der Waals surface area contributed by atoms with Gasteiger partial charge in [0.05, 0.1) is 6.54 Å². The summed E-state index contributed by atoms with van der Waals surface area (Å²) in [7, 11) is 0. The molecular weight excluding hydrogens is 284 g/mol. The Morgan fingerprint density at radius 2 is 1.59 bits per heavy atom. The molecule has 1 heterocycles. The normalized spacial score (nSPS) is 16.5. The number of carbonyl (C=O) groups is 3. The predicted molar refractivity (Wildman–Crippen MR) is 84.3 cm³/mol. The van der Waals surface area contributed by atoms with E-state index in [1.165, 1.54) is 0 Å². The predicted octanol–water partition coefficient (Wildman–Crippen LogP) is 0.411. The van der Waals surface area contributed by atoms with Crippen LogP contribution >= 0.6 is 0 Å². The molecule has 0 aromatic rings. The van der Waals surface area contributed by atoms with Crippen LogP contribution < -0.4 is 10.6 Å². The first-order valence-corrected chi connectivity index (χ1v) is 7.71. The minimum Gasteiger partial charge on any atom is -0.340 e. The zero-order chi connectivity index (χ0) is 16.9. The van der Waals surface area contributed by atoms with Gasteiger partial charge in [-0.3, -0.25) is 19.8 Å². The number of carbonyl (C=O) groups excluding carboxylic acids is 3. The van der Waals surface area contributed by atoms with Crippen LogP contribution in [0, 0.1) is 5.92 Å². The Bertz CT molecular complexity index is 421. The summed E-state index contributed by atoms with van der Waals surface area (Å²) in [6.07, 6.45) is 0. The maximum absolute atomic E-state index is 11.9. The fourth-order valence-corrected chi connectivity index (χ4v) is 2.23. The summed E-state index contributed by atoms with van der Waals surface area (Å²) >= 11 is 0. The highest BCUT2D eigenvalue weighted by Crippen LogP contribution is 2.06. The molecular formula is C15H28N4O3. The lowest BCUT2D eigenvalue weighted by Crippen LogP contribution is -2.54. The van der Waals surface area contributed by atoms with Crippen LogP contribution in [0.5, 0.6) is 0 Å². The van der Waals surface area contributed by atoms with Gasteiger partial charge < -0.3 is 10.2 Å². The van der Waals surface area contributed by atoms with Gasteiger partial charge in [0.25, 0.3) is 0 Å². The SMILES string of the molecule is CC(C)C(=O)N1CCN(CC(=O)NC(=O)NC(C)(C)C)CC1. The number of nitrogens with one attached hydrogen (secondary N) is 2. The molecule has 1 aliphatic heterocycles. The Morgan fingerprint density at radius 3 is 2.05 bits per heavy atom. The van der Waals surface area contributed by atoms with Crippen molar-refractivity contribution in [3.8, 4) is 0 Å². The molecule has 0 aromatic carbocycles. The first-order valence-electron chi connectivity index (χ1n) is 7.71. The molecule has 1 rings (SSSR count). The van der Waals surface area contributed by atoms with Crippen molar-refractivity contribution in [1.82, 2.24) is 20.4 Å². The Morgan fingerprint density at radius 1 is 1.05 bits per heavy atom. The van der Waals surface area contributed by atoms with E-state index in [0.29, 0.717) is 26.2 Å². The van der Waals surface area contributed by atoms with Crippen molar-refractivity contribution in [2.24, 2.45) is 5.92 Å². The van der Waals surface area contributed by atoms with Crippen molar-refractivity contribution in [1.29, 1.82) is 0 Å². The van der Waals surface area contributed by atoms with Gasteiger partial charge in [-0.2, -0.15) is 0 Å². The van der Waals surface area contributed by atoms with E-state index in [2.05, 4.69) is 10.6 Å². The Balaban J connectivity index is 2.33. The summed E-state index contributed by atoms with van der Waals surface area (Å²) in [5, 5.41) is 5.00. The average molecular weight is 312 g/mol. The summed E-state index contributed by atoms with van der Waals surface area (Å²) in [6, 6.07) is -0.480. The van der Waals surface area contributed by atoms with Gasteiger partial charge in [0.2, 0.25) is 11.8 Å². The van der Waals surface area contributed by atoms with Crippen molar-refractivity contribution in [3.05, 3.63) is 0 Å². The van der Waals surface area contributed by atoms with E-state index in [9.17, 15) is 14.4 Å². The Hall–Kier alpha value is -1.63. The molecule has 0 atom stereocenters. The topological polar surface area (TPSA) is 81.8 Å². The number of nitrogens with zero attached hydrogens (tertiary/aromatic N) is 2. The smallest absolute Gasteiger partial charge is 0.321 e. The van der Waals surface area contributed by atoms with Crippen LogP contribution in [0.15, 0.2) is 0 Å². The van der Waals surface area contributed by atoms with E-state index < -0.39 is 6.03 Å². The van der Waals surface area contributed by atoms with Gasteiger partial charge in [-0.05, 0) is 20.8 Å². The minimum absolute atomic E-state index is 0.00376. The molecule has 22 heavy (non-hydrogen) atoms. The highest BCUT2D eigenvalue weighted by Gasteiger charge is 2.24. The number of amides is 4. The third kappa shape index (κ3) is 6.43. The molecule has 0 saturated carbocycles. The third-order valence-corrected chi connectivity index (χ3v) is 3.29. The van der Waals surface area contributed by atoms with Crippen LogP contribution in [-0.4, -0.2) is 65.9 Å². The summed E-state index contributed by atoms with van der Waals surface area (Å²) in [5.74, 6) is -0.185. The monoisotopic (exact) mass is 312 g/mol. The van der Waals surface area contributed by atoms with E-state index in [4.69, 9.17) is 0 Å². The van der Waals surface area contributed by atoms with Crippen LogP contribution in [0.1, 0.15) is 34.6 Å². The van der Waals surface area contributed by atoms with E-state index in [-0.39, 0.29) is 29.8 Å². The standard InChI is InChI=1S/C15H28N4O3/c1-11(2)13(21)19-8-6-18(7-9-19)10-12(20)16-14(22)17-15(3,4)5/h11H,6-10H2,1-5H3,(H2,16,17,20,22). The van der Waals surface area contributed by atoms with Gasteiger partial charge in [-0.25, -0.2) is 4.79 Å². The first-order chi connectivity index (χ1) is 10.1. The zero-order valence-corrected chi connectivity index (χ0v) is 14.2. The summed E-state index contributed by atoms with van der Waals surface area (Å²) in [4.78, 5) is 39.1. The lowest BCUT2D eigenvalue weighted by Gasteiger charge is -2.35. The maximum Gasteiger partial charge on any atom is 0.321 e. The summed E-state index contributed by atoms with van der Waals surface area (Å²) < 4.78 is 0. The van der Waals surface area contributed by atoms with Crippen molar-refractivity contribution < 1.29 is 14.4 Å². The van der Waals surface area contributed by atoms with Crippen LogP contribution in [0.2, 0.25) is 0 Å². The second-order valence-corrected chi connectivity index (χ2v) is 7.01. The highest BCUT2D eigenvalue weighted by molar-refractivity contribution is 5.95. The van der Waals surface area contributed by atoms with Gasteiger partial charge in [-0.1, -0.05) is 13.8 Å². The van der Waals surface area contributed by atoms with Gasteiger partial charge in [-0.15, -0.1) is 0 Å². The number of piperazine rings is 1. The minimum atomic E-state index is -0.480. The molecule has 0 aromatic heterocycles. The molecule has 0 bridgehead atoms.